The first kappa shape index (κ1) is 17.7. The molecule has 2 amide bonds. The number of urea groups is 1. The van der Waals surface area contributed by atoms with Gasteiger partial charge in [0.1, 0.15) is 0 Å². The molecular formula is C15H23N3O4S. The molecule has 128 valence electrons. The van der Waals surface area contributed by atoms with Crippen LogP contribution in [-0.4, -0.2) is 44.2 Å². The van der Waals surface area contributed by atoms with Crippen LogP contribution in [0.1, 0.15) is 24.0 Å². The van der Waals surface area contributed by atoms with Crippen molar-refractivity contribution in [3.63, 3.8) is 0 Å². The minimum Gasteiger partial charge on any atom is -0.396 e. The number of carbonyl (C=O) groups is 1. The third kappa shape index (κ3) is 5.81. The van der Waals surface area contributed by atoms with Crippen LogP contribution < -0.4 is 10.5 Å². The number of rotatable bonds is 5. The van der Waals surface area contributed by atoms with Crippen molar-refractivity contribution in [1.82, 2.24) is 10.2 Å². The highest BCUT2D eigenvalue weighted by Crippen LogP contribution is 2.16. The fourth-order valence-electron chi connectivity index (χ4n) is 2.59. The van der Waals surface area contributed by atoms with Crippen LogP contribution in [0.5, 0.6) is 0 Å². The van der Waals surface area contributed by atoms with E-state index in [1.54, 1.807) is 29.2 Å². The van der Waals surface area contributed by atoms with Crippen molar-refractivity contribution in [2.75, 3.05) is 19.7 Å². The summed E-state index contributed by atoms with van der Waals surface area (Å²) in [4.78, 5) is 13.8. The number of sulfonamides is 1. The quantitative estimate of drug-likeness (QED) is 0.719. The average Bonchev–Trinajstić information content (AvgIpc) is 2.52. The summed E-state index contributed by atoms with van der Waals surface area (Å²) >= 11 is 0. The van der Waals surface area contributed by atoms with E-state index in [-0.39, 0.29) is 18.4 Å². The molecule has 8 heteroatoms. The van der Waals surface area contributed by atoms with Gasteiger partial charge in [0.2, 0.25) is 10.0 Å². The van der Waals surface area contributed by atoms with Crippen LogP contribution in [-0.2, 0) is 22.3 Å². The number of piperidine rings is 1. The minimum atomic E-state index is -3.53. The second-order valence-corrected chi connectivity index (χ2v) is 7.51. The number of nitrogens with one attached hydrogen (secondary N) is 1. The molecule has 1 saturated heterocycles. The highest BCUT2D eigenvalue weighted by molar-refractivity contribution is 7.88. The number of hydrogen-bond acceptors (Lipinski definition) is 4. The van der Waals surface area contributed by atoms with E-state index in [0.717, 1.165) is 18.4 Å². The van der Waals surface area contributed by atoms with E-state index in [2.05, 4.69) is 5.32 Å². The second kappa shape index (κ2) is 7.76. The lowest BCUT2D eigenvalue weighted by Gasteiger charge is -2.31. The molecule has 0 spiro atoms. The lowest BCUT2D eigenvalue weighted by molar-refractivity contribution is 0.137. The molecule has 0 aliphatic carbocycles. The molecule has 4 N–H and O–H groups in total. The molecule has 1 aromatic rings. The first-order valence-electron chi connectivity index (χ1n) is 7.59. The number of aliphatic hydroxyl groups is 1. The molecule has 1 aromatic carbocycles. The number of nitrogens with two attached hydrogens (primary N) is 1. The van der Waals surface area contributed by atoms with E-state index in [1.165, 1.54) is 0 Å². The molecule has 0 bridgehead atoms. The Balaban J connectivity index is 1.80. The monoisotopic (exact) mass is 341 g/mol. The fourth-order valence-corrected chi connectivity index (χ4v) is 3.25. The molecule has 1 aliphatic heterocycles. The zero-order chi connectivity index (χ0) is 16.9. The van der Waals surface area contributed by atoms with E-state index in [1.807, 2.05) is 0 Å². The highest BCUT2D eigenvalue weighted by atomic mass is 32.2. The summed E-state index contributed by atoms with van der Waals surface area (Å²) in [6.07, 6.45) is 1.65. The van der Waals surface area contributed by atoms with Gasteiger partial charge in [0.25, 0.3) is 0 Å². The molecule has 1 fully saturated rings. The number of hydrogen-bond donors (Lipinski definition) is 3. The highest BCUT2D eigenvalue weighted by Gasteiger charge is 2.21. The summed E-state index contributed by atoms with van der Waals surface area (Å²) in [6, 6.07) is 6.82. The SMILES string of the molecule is NS(=O)(=O)Cc1ccc(CNC(=O)N2CCC(CO)CC2)cc1. The Kier molecular flexibility index (Phi) is 5.97. The molecule has 2 rings (SSSR count). The summed E-state index contributed by atoms with van der Waals surface area (Å²) in [7, 11) is -3.53. The number of amides is 2. The van der Waals surface area contributed by atoms with Crippen molar-refractivity contribution >= 4 is 16.1 Å². The lowest BCUT2D eigenvalue weighted by atomic mass is 9.98. The Morgan fingerprint density at radius 2 is 1.78 bits per heavy atom. The van der Waals surface area contributed by atoms with Gasteiger partial charge < -0.3 is 15.3 Å². The van der Waals surface area contributed by atoms with Crippen LogP contribution in [0.4, 0.5) is 4.79 Å². The molecule has 1 heterocycles. The number of benzene rings is 1. The number of carbonyl (C=O) groups excluding carboxylic acids is 1. The molecule has 7 nitrogen and oxygen atoms in total. The van der Waals surface area contributed by atoms with Gasteiger partial charge in [0.15, 0.2) is 0 Å². The van der Waals surface area contributed by atoms with Crippen molar-refractivity contribution in [2.45, 2.75) is 25.1 Å². The largest absolute Gasteiger partial charge is 0.396 e. The first-order valence-corrected chi connectivity index (χ1v) is 9.31. The van der Waals surface area contributed by atoms with Crippen molar-refractivity contribution in [2.24, 2.45) is 11.1 Å². The van der Waals surface area contributed by atoms with Crippen molar-refractivity contribution < 1.29 is 18.3 Å². The van der Waals surface area contributed by atoms with Crippen LogP contribution in [0.2, 0.25) is 0 Å². The first-order chi connectivity index (χ1) is 10.9. The average molecular weight is 341 g/mol. The van der Waals surface area contributed by atoms with E-state index >= 15 is 0 Å². The molecule has 23 heavy (non-hydrogen) atoms. The number of aliphatic hydroxyl groups excluding tert-OH is 1. The molecule has 0 unspecified atom stereocenters. The van der Waals surface area contributed by atoms with Gasteiger partial charge in [0, 0.05) is 26.2 Å². The normalized spacial score (nSPS) is 16.3. The molecule has 1 aliphatic rings. The molecule has 0 atom stereocenters. The Morgan fingerprint density at radius 1 is 1.22 bits per heavy atom. The van der Waals surface area contributed by atoms with E-state index in [0.29, 0.717) is 31.1 Å². The fraction of sp³-hybridized carbons (Fsp3) is 0.533. The van der Waals surface area contributed by atoms with Crippen LogP contribution in [0, 0.1) is 5.92 Å². The van der Waals surface area contributed by atoms with Crippen LogP contribution in [0.15, 0.2) is 24.3 Å². The summed E-state index contributed by atoms with van der Waals surface area (Å²) in [6.45, 7) is 1.88. The van der Waals surface area contributed by atoms with Crippen molar-refractivity contribution in [3.8, 4) is 0 Å². The number of primary sulfonamides is 1. The maximum absolute atomic E-state index is 12.1. The predicted molar refractivity (Wildman–Crippen MR) is 86.9 cm³/mol. The Labute approximate surface area is 136 Å². The zero-order valence-electron chi connectivity index (χ0n) is 12.9. The Morgan fingerprint density at radius 3 is 2.30 bits per heavy atom. The summed E-state index contributed by atoms with van der Waals surface area (Å²) in [5.74, 6) is 0.102. The lowest BCUT2D eigenvalue weighted by Crippen LogP contribution is -2.44. The third-order valence-corrected chi connectivity index (χ3v) is 4.73. The Bertz CT molecular complexity index is 623. The number of likely N-dealkylation sites (tertiary alicyclic amines) is 1. The molecule has 0 saturated carbocycles. The van der Waals surface area contributed by atoms with Crippen LogP contribution in [0.3, 0.4) is 0 Å². The van der Waals surface area contributed by atoms with Gasteiger partial charge in [-0.05, 0) is 29.9 Å². The van der Waals surface area contributed by atoms with Crippen molar-refractivity contribution in [1.29, 1.82) is 0 Å². The van der Waals surface area contributed by atoms with Crippen LogP contribution >= 0.6 is 0 Å². The van der Waals surface area contributed by atoms with E-state index in [4.69, 9.17) is 10.2 Å². The topological polar surface area (TPSA) is 113 Å². The number of nitrogens with zero attached hydrogens (tertiary/aromatic N) is 1. The predicted octanol–water partition coefficient (Wildman–Crippen LogP) is 0.389. The van der Waals surface area contributed by atoms with Crippen LogP contribution in [0.25, 0.3) is 0 Å². The Hall–Kier alpha value is -1.64. The molecule has 0 aromatic heterocycles. The van der Waals surface area contributed by atoms with Gasteiger partial charge in [-0.2, -0.15) is 0 Å². The van der Waals surface area contributed by atoms with Gasteiger partial charge in [-0.3, -0.25) is 0 Å². The smallest absolute Gasteiger partial charge is 0.317 e. The summed E-state index contributed by atoms with van der Waals surface area (Å²) in [5.41, 5.74) is 1.51. The zero-order valence-corrected chi connectivity index (χ0v) is 13.8. The maximum Gasteiger partial charge on any atom is 0.317 e. The molecular weight excluding hydrogens is 318 g/mol. The van der Waals surface area contributed by atoms with E-state index < -0.39 is 10.0 Å². The van der Waals surface area contributed by atoms with Gasteiger partial charge in [-0.1, -0.05) is 24.3 Å². The summed E-state index contributed by atoms with van der Waals surface area (Å²) < 4.78 is 22.0. The second-order valence-electron chi connectivity index (χ2n) is 5.90. The van der Waals surface area contributed by atoms with Gasteiger partial charge >= 0.3 is 6.03 Å². The van der Waals surface area contributed by atoms with Gasteiger partial charge in [0.05, 0.1) is 5.75 Å². The van der Waals surface area contributed by atoms with Crippen molar-refractivity contribution in [3.05, 3.63) is 35.4 Å². The van der Waals surface area contributed by atoms with Gasteiger partial charge in [-0.15, -0.1) is 0 Å². The van der Waals surface area contributed by atoms with Gasteiger partial charge in [-0.25, -0.2) is 18.4 Å². The summed E-state index contributed by atoms with van der Waals surface area (Å²) in [5, 5.41) is 16.9. The van der Waals surface area contributed by atoms with E-state index in [9.17, 15) is 13.2 Å². The minimum absolute atomic E-state index is 0.116. The standard InChI is InChI=1S/C15H23N3O4S/c16-23(21,22)11-14-3-1-12(2-4-14)9-17-15(20)18-7-5-13(10-19)6-8-18/h1-4,13,19H,5-11H2,(H,17,20)(H2,16,21,22). The maximum atomic E-state index is 12.1. The molecule has 0 radical (unpaired) electrons. The third-order valence-electron chi connectivity index (χ3n) is 3.99.